The lowest BCUT2D eigenvalue weighted by Crippen LogP contribution is -2.37. The first kappa shape index (κ1) is 19.7. The first-order valence-electron chi connectivity index (χ1n) is 8.04. The third kappa shape index (κ3) is 6.64. The minimum absolute atomic E-state index is 0.285. The van der Waals surface area contributed by atoms with E-state index in [1.807, 2.05) is 24.3 Å². The number of nitrogens with one attached hydrogen (secondary N) is 1. The van der Waals surface area contributed by atoms with Crippen molar-refractivity contribution in [3.05, 3.63) is 24.3 Å². The maximum Gasteiger partial charge on any atom is 0.306 e. The predicted octanol–water partition coefficient (Wildman–Crippen LogP) is 2.86. The second kappa shape index (κ2) is 10.4. The molecule has 2 aromatic rings. The molecule has 0 aliphatic rings. The molecule has 0 aliphatic heterocycles. The van der Waals surface area contributed by atoms with Crippen molar-refractivity contribution in [3.8, 4) is 0 Å². The second-order valence-corrected chi connectivity index (χ2v) is 7.69. The normalized spacial score (nSPS) is 12.1. The third-order valence-corrected chi connectivity index (χ3v) is 5.57. The van der Waals surface area contributed by atoms with Crippen LogP contribution in [0.2, 0.25) is 0 Å². The summed E-state index contributed by atoms with van der Waals surface area (Å²) in [7, 11) is 1.56. The highest BCUT2D eigenvalue weighted by atomic mass is 32.2. The summed E-state index contributed by atoms with van der Waals surface area (Å²) in [6.45, 7) is 2.39. The summed E-state index contributed by atoms with van der Waals surface area (Å²) in [6, 6.07) is 8.01. The molecule has 1 aromatic carbocycles. The molecule has 0 unspecified atom stereocenters. The molecule has 0 saturated carbocycles. The Morgan fingerprint density at radius 2 is 2.16 bits per heavy atom. The van der Waals surface area contributed by atoms with Gasteiger partial charge in [0.1, 0.15) is 0 Å². The molecule has 0 radical (unpaired) electrons. The Hall–Kier alpha value is -1.64. The Morgan fingerprint density at radius 3 is 2.92 bits per heavy atom. The minimum Gasteiger partial charge on any atom is -0.453 e. The predicted molar refractivity (Wildman–Crippen MR) is 100 cm³/mol. The number of aromatic nitrogens is 1. The third-order valence-electron chi connectivity index (χ3n) is 3.31. The molecule has 1 atom stereocenters. The quantitative estimate of drug-likeness (QED) is 0.387. The van der Waals surface area contributed by atoms with Crippen molar-refractivity contribution in [1.82, 2.24) is 10.3 Å². The monoisotopic (exact) mass is 382 g/mol. The van der Waals surface area contributed by atoms with Crippen LogP contribution in [0.3, 0.4) is 0 Å². The van der Waals surface area contributed by atoms with Gasteiger partial charge in [0.25, 0.3) is 5.91 Å². The van der Waals surface area contributed by atoms with Crippen LogP contribution in [0.25, 0.3) is 10.2 Å². The second-order valence-electron chi connectivity index (χ2n) is 5.32. The smallest absolute Gasteiger partial charge is 0.306 e. The Bertz CT molecular complexity index is 672. The molecular weight excluding hydrogens is 360 g/mol. The molecule has 6 nitrogen and oxygen atoms in total. The summed E-state index contributed by atoms with van der Waals surface area (Å²) in [6.07, 6.45) is 0.173. The zero-order valence-electron chi connectivity index (χ0n) is 14.3. The number of hydrogen-bond donors (Lipinski definition) is 1. The number of ether oxygens (including phenoxy) is 2. The average Bonchev–Trinajstić information content (AvgIpc) is 3.01. The number of para-hydroxylation sites is 1. The number of thiazole rings is 1. The van der Waals surface area contributed by atoms with Crippen LogP contribution in [-0.2, 0) is 19.1 Å². The molecular formula is C17H22N2O4S2. The van der Waals surface area contributed by atoms with Crippen molar-refractivity contribution < 1.29 is 19.1 Å². The van der Waals surface area contributed by atoms with E-state index in [0.29, 0.717) is 19.6 Å². The van der Waals surface area contributed by atoms with E-state index in [-0.39, 0.29) is 18.3 Å². The number of amides is 1. The molecule has 25 heavy (non-hydrogen) atoms. The van der Waals surface area contributed by atoms with Crippen molar-refractivity contribution >= 4 is 45.2 Å². The molecule has 0 fully saturated rings. The first-order valence-corrected chi connectivity index (χ1v) is 9.85. The minimum atomic E-state index is -0.790. The number of carbonyl (C=O) groups excluding carboxylic acids is 2. The van der Waals surface area contributed by atoms with Gasteiger partial charge in [0.15, 0.2) is 10.4 Å². The molecule has 0 saturated heterocycles. The van der Waals surface area contributed by atoms with E-state index in [1.54, 1.807) is 37.1 Å². The van der Waals surface area contributed by atoms with Gasteiger partial charge in [-0.1, -0.05) is 23.9 Å². The molecule has 0 aliphatic carbocycles. The summed E-state index contributed by atoms with van der Waals surface area (Å²) in [5, 5.41) is 2.64. The standard InChI is InChI=1S/C17H22N2O4S2/c1-12(16(21)18-9-10-22-2)23-15(20)8-5-11-24-17-19-13-6-3-4-7-14(13)25-17/h3-4,6-7,12H,5,8-11H2,1-2H3,(H,18,21)/t12-/m1/s1. The number of thioether (sulfide) groups is 1. The Kier molecular flexibility index (Phi) is 8.17. The lowest BCUT2D eigenvalue weighted by Gasteiger charge is -2.13. The maximum atomic E-state index is 11.8. The van der Waals surface area contributed by atoms with E-state index >= 15 is 0 Å². The van der Waals surface area contributed by atoms with Gasteiger partial charge in [0, 0.05) is 25.8 Å². The Balaban J connectivity index is 1.63. The zero-order valence-corrected chi connectivity index (χ0v) is 16.0. The largest absolute Gasteiger partial charge is 0.453 e. The van der Waals surface area contributed by atoms with E-state index in [2.05, 4.69) is 10.3 Å². The summed E-state index contributed by atoms with van der Waals surface area (Å²) >= 11 is 3.29. The number of carbonyl (C=O) groups is 2. The fourth-order valence-electron chi connectivity index (χ4n) is 2.02. The highest BCUT2D eigenvalue weighted by Gasteiger charge is 2.17. The molecule has 1 N–H and O–H groups in total. The van der Waals surface area contributed by atoms with Crippen LogP contribution in [0.4, 0.5) is 0 Å². The van der Waals surface area contributed by atoms with E-state index in [1.165, 1.54) is 0 Å². The van der Waals surface area contributed by atoms with Gasteiger partial charge in [0.05, 0.1) is 16.8 Å². The molecule has 2 rings (SSSR count). The van der Waals surface area contributed by atoms with Crippen LogP contribution in [-0.4, -0.2) is 49.0 Å². The highest BCUT2D eigenvalue weighted by Crippen LogP contribution is 2.29. The van der Waals surface area contributed by atoms with E-state index < -0.39 is 6.10 Å². The van der Waals surface area contributed by atoms with Gasteiger partial charge in [0.2, 0.25) is 0 Å². The molecule has 136 valence electrons. The maximum absolute atomic E-state index is 11.8. The first-order chi connectivity index (χ1) is 12.1. The topological polar surface area (TPSA) is 77.5 Å². The van der Waals surface area contributed by atoms with Gasteiger partial charge >= 0.3 is 5.97 Å². The lowest BCUT2D eigenvalue weighted by atomic mass is 10.3. The van der Waals surface area contributed by atoms with Crippen LogP contribution in [0, 0.1) is 0 Å². The van der Waals surface area contributed by atoms with Gasteiger partial charge in [-0.2, -0.15) is 0 Å². The molecule has 1 amide bonds. The van der Waals surface area contributed by atoms with Crippen molar-refractivity contribution in [2.24, 2.45) is 0 Å². The van der Waals surface area contributed by atoms with Gasteiger partial charge in [-0.15, -0.1) is 11.3 Å². The van der Waals surface area contributed by atoms with Crippen LogP contribution >= 0.6 is 23.1 Å². The van der Waals surface area contributed by atoms with E-state index in [4.69, 9.17) is 9.47 Å². The van der Waals surface area contributed by atoms with Crippen molar-refractivity contribution in [3.63, 3.8) is 0 Å². The van der Waals surface area contributed by atoms with Crippen molar-refractivity contribution in [2.45, 2.75) is 30.2 Å². The SMILES string of the molecule is COCCNC(=O)[C@@H](C)OC(=O)CCCSc1nc2ccccc2s1. The average molecular weight is 383 g/mol. The van der Waals surface area contributed by atoms with E-state index in [9.17, 15) is 9.59 Å². The Labute approximate surface area is 155 Å². The van der Waals surface area contributed by atoms with E-state index in [0.717, 1.165) is 20.3 Å². The van der Waals surface area contributed by atoms with Crippen LogP contribution in [0.15, 0.2) is 28.6 Å². The van der Waals surface area contributed by atoms with Gasteiger partial charge in [-0.05, 0) is 25.5 Å². The molecule has 1 heterocycles. The van der Waals surface area contributed by atoms with Crippen molar-refractivity contribution in [1.29, 1.82) is 0 Å². The fourth-order valence-corrected chi connectivity index (χ4v) is 4.10. The van der Waals surface area contributed by atoms with Gasteiger partial charge in [-0.3, -0.25) is 9.59 Å². The van der Waals surface area contributed by atoms with Crippen LogP contribution in [0.5, 0.6) is 0 Å². The van der Waals surface area contributed by atoms with Gasteiger partial charge < -0.3 is 14.8 Å². The van der Waals surface area contributed by atoms with Crippen LogP contribution < -0.4 is 5.32 Å². The Morgan fingerprint density at radius 1 is 1.36 bits per heavy atom. The van der Waals surface area contributed by atoms with Crippen LogP contribution in [0.1, 0.15) is 19.8 Å². The highest BCUT2D eigenvalue weighted by molar-refractivity contribution is 8.01. The molecule has 1 aromatic heterocycles. The summed E-state index contributed by atoms with van der Waals surface area (Å²) in [5.41, 5.74) is 1.00. The summed E-state index contributed by atoms with van der Waals surface area (Å²) < 4.78 is 12.1. The molecule has 0 spiro atoms. The number of benzene rings is 1. The molecule has 0 bridgehead atoms. The number of rotatable bonds is 10. The summed E-state index contributed by atoms with van der Waals surface area (Å²) in [5.74, 6) is 0.108. The number of nitrogens with zero attached hydrogens (tertiary/aromatic N) is 1. The number of fused-ring (bicyclic) bond motifs is 1. The zero-order chi connectivity index (χ0) is 18.1. The molecule has 8 heteroatoms. The number of methoxy groups -OCH3 is 1. The van der Waals surface area contributed by atoms with Gasteiger partial charge in [-0.25, -0.2) is 4.98 Å². The summed E-state index contributed by atoms with van der Waals surface area (Å²) in [4.78, 5) is 28.0. The van der Waals surface area contributed by atoms with Crippen molar-refractivity contribution in [2.75, 3.05) is 26.0 Å². The fraction of sp³-hybridized carbons (Fsp3) is 0.471. The number of esters is 1. The number of hydrogen-bond acceptors (Lipinski definition) is 7. The lowest BCUT2D eigenvalue weighted by molar-refractivity contribution is -0.154.